The van der Waals surface area contributed by atoms with Gasteiger partial charge in [-0.2, -0.15) is 20.4 Å². The third-order valence-corrected chi connectivity index (χ3v) is 7.11. The molecule has 4 aromatic carbocycles. The summed E-state index contributed by atoms with van der Waals surface area (Å²) in [4.78, 5) is 16.3. The van der Waals surface area contributed by atoms with Gasteiger partial charge in [0.05, 0.1) is 46.9 Å². The van der Waals surface area contributed by atoms with Gasteiger partial charge < -0.3 is 9.97 Å². The molecule has 8 aromatic rings. The lowest BCUT2D eigenvalue weighted by atomic mass is 9.94. The van der Waals surface area contributed by atoms with Crippen molar-refractivity contribution >= 4 is 65.2 Å². The van der Waals surface area contributed by atoms with Gasteiger partial charge in [0, 0.05) is 32.3 Å². The second kappa shape index (κ2) is 6.79. The largest absolute Gasteiger partial charge is 0.342 e. The van der Waals surface area contributed by atoms with Crippen LogP contribution in [0.3, 0.4) is 0 Å². The van der Waals surface area contributed by atoms with Crippen LogP contribution in [0.2, 0.25) is 0 Å². The molecule has 0 unspecified atom stereocenters. The van der Waals surface area contributed by atoms with Crippen molar-refractivity contribution < 1.29 is 0 Å². The maximum absolute atomic E-state index is 4.72. The molecule has 2 N–H and O–H groups in total. The van der Waals surface area contributed by atoms with E-state index in [0.29, 0.717) is 0 Å². The zero-order valence-electron chi connectivity index (χ0n) is 19.5. The summed E-state index contributed by atoms with van der Waals surface area (Å²) in [6, 6.07) is 13.1. The van der Waals surface area contributed by atoms with Crippen molar-refractivity contribution in [1.29, 1.82) is 0 Å². The summed E-state index contributed by atoms with van der Waals surface area (Å²) in [5, 5.41) is 25.1. The number of benzene rings is 4. The van der Waals surface area contributed by atoms with Crippen LogP contribution in [0, 0.1) is 13.8 Å². The first-order valence-electron chi connectivity index (χ1n) is 11.7. The molecule has 0 radical (unpaired) electrons. The van der Waals surface area contributed by atoms with Gasteiger partial charge in [-0.05, 0) is 47.9 Å². The van der Waals surface area contributed by atoms with Crippen LogP contribution in [0.1, 0.15) is 11.6 Å². The molecule has 0 bridgehead atoms. The van der Waals surface area contributed by atoms with Gasteiger partial charge in [0.1, 0.15) is 11.6 Å². The van der Waals surface area contributed by atoms with Crippen molar-refractivity contribution in [3.8, 4) is 11.1 Å². The van der Waals surface area contributed by atoms with Crippen molar-refractivity contribution in [2.24, 2.45) is 0 Å². The average molecular weight is 467 g/mol. The topological polar surface area (TPSA) is 109 Å². The second-order valence-corrected chi connectivity index (χ2v) is 9.25. The molecule has 8 heteroatoms. The summed E-state index contributed by atoms with van der Waals surface area (Å²) in [7, 11) is 0. The van der Waals surface area contributed by atoms with Crippen LogP contribution in [-0.4, -0.2) is 40.3 Å². The normalized spacial score (nSPS) is 12.2. The summed E-state index contributed by atoms with van der Waals surface area (Å²) >= 11 is 0. The van der Waals surface area contributed by atoms with E-state index in [1.165, 1.54) is 0 Å². The summed E-state index contributed by atoms with van der Waals surface area (Å²) in [5.74, 6) is 1.76. The minimum absolute atomic E-state index is 0.879. The number of rotatable bonds is 1. The number of hydrogen-bond acceptors (Lipinski definition) is 6. The molecule has 0 aliphatic heterocycles. The number of aryl methyl sites for hydroxylation is 2. The molecule has 4 aromatic heterocycles. The van der Waals surface area contributed by atoms with Crippen molar-refractivity contribution in [1.82, 2.24) is 40.3 Å². The fourth-order valence-electron chi connectivity index (χ4n) is 5.54. The Morgan fingerprint density at radius 2 is 0.889 bits per heavy atom. The molecule has 170 valence electrons. The summed E-state index contributed by atoms with van der Waals surface area (Å²) < 4.78 is 0. The Hall–Kier alpha value is -4.98. The maximum Gasteiger partial charge on any atom is 0.104 e. The molecule has 0 aliphatic rings. The Bertz CT molecular complexity index is 2030. The second-order valence-electron chi connectivity index (χ2n) is 9.25. The molecule has 0 fully saturated rings. The first kappa shape index (κ1) is 19.3. The van der Waals surface area contributed by atoms with E-state index < -0.39 is 0 Å². The van der Waals surface area contributed by atoms with E-state index in [9.17, 15) is 0 Å². The van der Waals surface area contributed by atoms with E-state index >= 15 is 0 Å². The number of nitrogens with one attached hydrogen (secondary N) is 2. The van der Waals surface area contributed by atoms with Crippen molar-refractivity contribution in [2.45, 2.75) is 13.8 Å². The van der Waals surface area contributed by atoms with E-state index in [4.69, 9.17) is 9.97 Å². The molecule has 8 rings (SSSR count). The Labute approximate surface area is 203 Å². The lowest BCUT2D eigenvalue weighted by Crippen LogP contribution is -1.89. The molecule has 0 spiro atoms. The SMILES string of the molecule is Cc1nc2c3cnncc3c3cc(-c4ccc5c(c4)c4cnncc4c4nc(C)[nH]c54)ccc3c2[nH]1. The summed E-state index contributed by atoms with van der Waals surface area (Å²) in [6.07, 6.45) is 7.25. The molecule has 8 nitrogen and oxygen atoms in total. The minimum atomic E-state index is 0.879. The highest BCUT2D eigenvalue weighted by atomic mass is 15.1. The Morgan fingerprint density at radius 3 is 1.33 bits per heavy atom. The van der Waals surface area contributed by atoms with Gasteiger partial charge >= 0.3 is 0 Å². The van der Waals surface area contributed by atoms with Gasteiger partial charge in [0.2, 0.25) is 0 Å². The number of nitrogens with zero attached hydrogens (tertiary/aromatic N) is 6. The molecule has 0 amide bonds. The fourth-order valence-corrected chi connectivity index (χ4v) is 5.54. The van der Waals surface area contributed by atoms with E-state index in [1.54, 1.807) is 12.4 Å². The van der Waals surface area contributed by atoms with Gasteiger partial charge in [-0.3, -0.25) is 0 Å². The zero-order chi connectivity index (χ0) is 24.0. The van der Waals surface area contributed by atoms with Crippen LogP contribution in [0.25, 0.3) is 76.3 Å². The van der Waals surface area contributed by atoms with Gasteiger partial charge in [-0.25, -0.2) is 9.97 Å². The predicted molar refractivity (Wildman–Crippen MR) is 142 cm³/mol. The van der Waals surface area contributed by atoms with Gasteiger partial charge in [-0.1, -0.05) is 24.3 Å². The number of aromatic nitrogens is 8. The number of hydrogen-bond donors (Lipinski definition) is 2. The van der Waals surface area contributed by atoms with E-state index in [2.05, 4.69) is 66.8 Å². The minimum Gasteiger partial charge on any atom is -0.342 e. The van der Waals surface area contributed by atoms with Crippen molar-refractivity contribution in [3.05, 3.63) is 72.8 Å². The third kappa shape index (κ3) is 2.52. The molecule has 0 atom stereocenters. The number of imidazole rings is 2. The van der Waals surface area contributed by atoms with Crippen LogP contribution < -0.4 is 0 Å². The van der Waals surface area contributed by atoms with Gasteiger partial charge in [-0.15, -0.1) is 0 Å². The summed E-state index contributed by atoms with van der Waals surface area (Å²) in [6.45, 7) is 3.95. The summed E-state index contributed by atoms with van der Waals surface area (Å²) in [5.41, 5.74) is 6.14. The molecule has 0 saturated heterocycles. The highest BCUT2D eigenvalue weighted by molar-refractivity contribution is 6.25. The average Bonchev–Trinajstić information content (AvgIpc) is 3.51. The van der Waals surface area contributed by atoms with Crippen LogP contribution in [0.4, 0.5) is 0 Å². The Kier molecular flexibility index (Phi) is 3.65. The lowest BCUT2D eigenvalue weighted by molar-refractivity contribution is 1.05. The Morgan fingerprint density at radius 1 is 0.472 bits per heavy atom. The van der Waals surface area contributed by atoms with E-state index in [0.717, 1.165) is 87.9 Å². The molecular formula is C28H18N8. The smallest absolute Gasteiger partial charge is 0.104 e. The molecule has 0 saturated carbocycles. The van der Waals surface area contributed by atoms with Crippen LogP contribution in [0.5, 0.6) is 0 Å². The zero-order valence-corrected chi connectivity index (χ0v) is 19.5. The lowest BCUT2D eigenvalue weighted by Gasteiger charge is -2.11. The van der Waals surface area contributed by atoms with Gasteiger partial charge in [0.15, 0.2) is 0 Å². The number of fused-ring (bicyclic) bond motifs is 12. The highest BCUT2D eigenvalue weighted by Gasteiger charge is 2.16. The standard InChI is InChI=1S/C28H18N8/c1-13-33-25-17-5-3-15(7-19(17)21-9-29-31-11-23(21)27(25)35-13)16-4-6-18-20(8-16)22-10-30-32-12-24(22)28-26(18)34-14(2)36-28/h3-12H,1-2H3,(H,33,35)(H,34,36). The number of aromatic amines is 2. The van der Waals surface area contributed by atoms with Crippen LogP contribution >= 0.6 is 0 Å². The van der Waals surface area contributed by atoms with E-state index in [1.807, 2.05) is 26.2 Å². The molecule has 4 heterocycles. The monoisotopic (exact) mass is 466 g/mol. The molecular weight excluding hydrogens is 448 g/mol. The highest BCUT2D eigenvalue weighted by Crippen LogP contribution is 2.38. The van der Waals surface area contributed by atoms with Crippen molar-refractivity contribution in [3.63, 3.8) is 0 Å². The van der Waals surface area contributed by atoms with Crippen LogP contribution in [-0.2, 0) is 0 Å². The first-order valence-corrected chi connectivity index (χ1v) is 11.7. The van der Waals surface area contributed by atoms with Gasteiger partial charge in [0.25, 0.3) is 0 Å². The van der Waals surface area contributed by atoms with Crippen molar-refractivity contribution in [2.75, 3.05) is 0 Å². The van der Waals surface area contributed by atoms with E-state index in [-0.39, 0.29) is 0 Å². The molecule has 0 aliphatic carbocycles. The van der Waals surface area contributed by atoms with Crippen LogP contribution in [0.15, 0.2) is 61.2 Å². The third-order valence-electron chi connectivity index (χ3n) is 7.11. The molecule has 36 heavy (non-hydrogen) atoms. The predicted octanol–water partition coefficient (Wildman–Crippen LogP) is 5.92. The maximum atomic E-state index is 4.72. The fraction of sp³-hybridized carbons (Fsp3) is 0.0714. The Balaban J connectivity index is 1.45. The quantitative estimate of drug-likeness (QED) is 0.291. The first-order chi connectivity index (χ1) is 17.7. The number of H-pyrrole nitrogens is 2.